The van der Waals surface area contributed by atoms with Crippen LogP contribution in [0.2, 0.25) is 0 Å². The number of ether oxygens (including phenoxy) is 1. The topological polar surface area (TPSA) is 154 Å². The van der Waals surface area contributed by atoms with Crippen molar-refractivity contribution in [3.63, 3.8) is 0 Å². The third-order valence-electron chi connectivity index (χ3n) is 3.68. The average molecular weight is 284 g/mol. The first-order chi connectivity index (χ1) is 9.32. The van der Waals surface area contributed by atoms with Crippen LogP contribution >= 0.6 is 0 Å². The third kappa shape index (κ3) is 1.96. The van der Waals surface area contributed by atoms with Crippen molar-refractivity contribution in [2.45, 2.75) is 25.4 Å². The molecule has 0 unspecified atom stereocenters. The molecule has 6 N–H and O–H groups in total. The molecule has 9 nitrogen and oxygen atoms in total. The summed E-state index contributed by atoms with van der Waals surface area (Å²) in [6.07, 6.45) is -2.31. The van der Waals surface area contributed by atoms with Crippen LogP contribution in [0.4, 0.5) is 5.82 Å². The Morgan fingerprint density at radius 3 is 2.75 bits per heavy atom. The number of nitrogens with two attached hydrogens (primary N) is 2. The van der Waals surface area contributed by atoms with Crippen molar-refractivity contribution in [1.82, 2.24) is 9.55 Å². The Kier molecular flexibility index (Phi) is 3.50. The second-order valence-corrected chi connectivity index (χ2v) is 4.83. The minimum absolute atomic E-state index is 0.0232. The van der Waals surface area contributed by atoms with E-state index in [0.717, 1.165) is 4.57 Å². The molecule has 4 atom stereocenters. The molecular formula is C11H16N4O5. The van der Waals surface area contributed by atoms with Crippen LogP contribution in [0.3, 0.4) is 0 Å². The highest BCUT2D eigenvalue weighted by atomic mass is 16.5. The van der Waals surface area contributed by atoms with E-state index < -0.39 is 42.1 Å². The number of carbonyl (C=O) groups excluding carboxylic acids is 1. The Morgan fingerprint density at radius 2 is 2.30 bits per heavy atom. The molecule has 0 bridgehead atoms. The van der Waals surface area contributed by atoms with Crippen LogP contribution in [0.1, 0.15) is 13.2 Å². The molecule has 9 heteroatoms. The van der Waals surface area contributed by atoms with Gasteiger partial charge in [-0.1, -0.05) is 0 Å². The first-order valence-electron chi connectivity index (χ1n) is 5.91. The van der Waals surface area contributed by atoms with Crippen LogP contribution in [0.15, 0.2) is 17.1 Å². The second kappa shape index (κ2) is 4.85. The Morgan fingerprint density at radius 1 is 1.65 bits per heavy atom. The third-order valence-corrected chi connectivity index (χ3v) is 3.68. The summed E-state index contributed by atoms with van der Waals surface area (Å²) in [5.41, 5.74) is 8.40. The highest BCUT2D eigenvalue weighted by Gasteiger charge is 2.57. The number of hydrogen-bond acceptors (Lipinski definition) is 7. The Bertz CT molecular complexity index is 588. The maximum atomic E-state index is 11.8. The van der Waals surface area contributed by atoms with Gasteiger partial charge >= 0.3 is 5.69 Å². The first kappa shape index (κ1) is 14.4. The number of amides is 1. The van der Waals surface area contributed by atoms with Crippen molar-refractivity contribution < 1.29 is 19.7 Å². The monoisotopic (exact) mass is 284 g/mol. The number of carbonyl (C=O) groups is 1. The van der Waals surface area contributed by atoms with Gasteiger partial charge in [0.1, 0.15) is 23.4 Å². The van der Waals surface area contributed by atoms with Gasteiger partial charge in [0.2, 0.25) is 5.91 Å². The quantitative estimate of drug-likeness (QED) is 0.481. The number of nitrogens with zero attached hydrogens (tertiary/aromatic N) is 2. The number of nitrogen functional groups attached to an aromatic ring is 1. The summed E-state index contributed by atoms with van der Waals surface area (Å²) in [7, 11) is 0. The highest BCUT2D eigenvalue weighted by Crippen LogP contribution is 2.42. The molecule has 20 heavy (non-hydrogen) atoms. The lowest BCUT2D eigenvalue weighted by atomic mass is 9.80. The van der Waals surface area contributed by atoms with E-state index in [1.165, 1.54) is 19.2 Å². The Balaban J connectivity index is 2.45. The smallest absolute Gasteiger partial charge is 0.351 e. The van der Waals surface area contributed by atoms with E-state index in [9.17, 15) is 19.8 Å². The molecule has 0 radical (unpaired) electrons. The fourth-order valence-corrected chi connectivity index (χ4v) is 2.25. The van der Waals surface area contributed by atoms with Gasteiger partial charge < -0.3 is 26.4 Å². The average Bonchev–Trinajstić information content (AvgIpc) is 2.64. The van der Waals surface area contributed by atoms with Crippen LogP contribution in [0.25, 0.3) is 0 Å². The molecule has 2 heterocycles. The molecular weight excluding hydrogens is 268 g/mol. The number of rotatable bonds is 3. The molecule has 1 fully saturated rings. The van der Waals surface area contributed by atoms with E-state index in [0.29, 0.717) is 0 Å². The number of aliphatic hydroxyl groups excluding tert-OH is 2. The van der Waals surface area contributed by atoms with Crippen molar-refractivity contribution in [1.29, 1.82) is 0 Å². The molecule has 1 aromatic rings. The van der Waals surface area contributed by atoms with Gasteiger partial charge in [-0.2, -0.15) is 4.98 Å². The van der Waals surface area contributed by atoms with Crippen LogP contribution < -0.4 is 17.2 Å². The van der Waals surface area contributed by atoms with E-state index in [1.54, 1.807) is 0 Å². The fourth-order valence-electron chi connectivity index (χ4n) is 2.25. The van der Waals surface area contributed by atoms with Gasteiger partial charge in [-0.3, -0.25) is 9.36 Å². The van der Waals surface area contributed by atoms with Crippen molar-refractivity contribution >= 4 is 11.7 Å². The maximum absolute atomic E-state index is 11.8. The molecule has 0 aromatic carbocycles. The molecule has 1 saturated heterocycles. The number of primary amides is 1. The summed E-state index contributed by atoms with van der Waals surface area (Å²) in [5.74, 6) is -0.807. The molecule has 0 spiro atoms. The van der Waals surface area contributed by atoms with Crippen LogP contribution in [-0.4, -0.2) is 44.5 Å². The lowest BCUT2D eigenvalue weighted by Gasteiger charge is -2.27. The largest absolute Gasteiger partial charge is 0.394 e. The molecule has 1 aromatic heterocycles. The van der Waals surface area contributed by atoms with E-state index >= 15 is 0 Å². The SMILES string of the molecule is C[C@]1(C(N)=O)[C@H](O)[C@@H](n2ccc(N)nc2=O)O[C@@H]1CO. The first-order valence-corrected chi connectivity index (χ1v) is 5.91. The Labute approximate surface area is 113 Å². The molecule has 2 rings (SSSR count). The van der Waals surface area contributed by atoms with Gasteiger partial charge in [0.05, 0.1) is 6.61 Å². The normalized spacial score (nSPS) is 33.2. The van der Waals surface area contributed by atoms with Gasteiger partial charge in [0.25, 0.3) is 0 Å². The summed E-state index contributed by atoms with van der Waals surface area (Å²) >= 11 is 0. The number of aliphatic hydroxyl groups is 2. The van der Waals surface area contributed by atoms with Crippen molar-refractivity contribution in [2.75, 3.05) is 12.3 Å². The zero-order chi connectivity index (χ0) is 15.1. The van der Waals surface area contributed by atoms with E-state index in [2.05, 4.69) is 4.98 Å². The van der Waals surface area contributed by atoms with E-state index in [-0.39, 0.29) is 5.82 Å². The van der Waals surface area contributed by atoms with Crippen molar-refractivity contribution in [3.05, 3.63) is 22.7 Å². The molecule has 110 valence electrons. The summed E-state index contributed by atoms with van der Waals surface area (Å²) in [5, 5.41) is 19.6. The standard InChI is InChI=1S/C11H16N4O5/c1-11(9(13)18)5(4-16)20-8(7(11)17)15-3-2-6(12)14-10(15)19/h2-3,5,7-8,16-17H,4H2,1H3,(H2,13,18)(H2,12,14,19)/t5-,7-,8+,11-/m1/s1. The van der Waals surface area contributed by atoms with Gasteiger partial charge in [-0.05, 0) is 13.0 Å². The summed E-state index contributed by atoms with van der Waals surface area (Å²) < 4.78 is 6.39. The van der Waals surface area contributed by atoms with Gasteiger partial charge in [0, 0.05) is 6.20 Å². The van der Waals surface area contributed by atoms with Crippen molar-refractivity contribution in [2.24, 2.45) is 11.1 Å². The Hall–Kier alpha value is -1.97. The number of aromatic nitrogens is 2. The molecule has 0 saturated carbocycles. The molecule has 1 amide bonds. The zero-order valence-electron chi connectivity index (χ0n) is 10.8. The predicted molar refractivity (Wildman–Crippen MR) is 67.2 cm³/mol. The van der Waals surface area contributed by atoms with Crippen molar-refractivity contribution in [3.8, 4) is 0 Å². The van der Waals surface area contributed by atoms with Gasteiger partial charge in [0.15, 0.2) is 6.23 Å². The predicted octanol–water partition coefficient (Wildman–Crippen LogP) is -2.43. The molecule has 1 aliphatic rings. The maximum Gasteiger partial charge on any atom is 0.351 e. The zero-order valence-corrected chi connectivity index (χ0v) is 10.8. The highest BCUT2D eigenvalue weighted by molar-refractivity contribution is 5.82. The second-order valence-electron chi connectivity index (χ2n) is 4.83. The van der Waals surface area contributed by atoms with Crippen LogP contribution in [0, 0.1) is 5.41 Å². The van der Waals surface area contributed by atoms with E-state index in [4.69, 9.17) is 16.2 Å². The minimum atomic E-state index is -1.51. The minimum Gasteiger partial charge on any atom is -0.394 e. The summed E-state index contributed by atoms with van der Waals surface area (Å²) in [6, 6.07) is 1.35. The molecule has 0 aliphatic carbocycles. The fraction of sp³-hybridized carbons (Fsp3) is 0.545. The van der Waals surface area contributed by atoms with Crippen LogP contribution in [0.5, 0.6) is 0 Å². The lowest BCUT2D eigenvalue weighted by Crippen LogP contribution is -2.50. The number of hydrogen-bond donors (Lipinski definition) is 4. The van der Waals surface area contributed by atoms with Crippen LogP contribution in [-0.2, 0) is 9.53 Å². The molecule has 1 aliphatic heterocycles. The number of anilines is 1. The van der Waals surface area contributed by atoms with E-state index in [1.807, 2.05) is 0 Å². The summed E-state index contributed by atoms with van der Waals surface area (Å²) in [4.78, 5) is 26.8. The van der Waals surface area contributed by atoms with Gasteiger partial charge in [-0.25, -0.2) is 4.79 Å². The lowest BCUT2D eigenvalue weighted by molar-refractivity contribution is -0.135. The summed E-state index contributed by atoms with van der Waals surface area (Å²) in [6.45, 7) is 0.848. The van der Waals surface area contributed by atoms with Gasteiger partial charge in [-0.15, -0.1) is 0 Å².